The first-order valence-electron chi connectivity index (χ1n) is 7.95. The van der Waals surface area contributed by atoms with Crippen molar-refractivity contribution in [2.75, 3.05) is 5.32 Å². The zero-order valence-electron chi connectivity index (χ0n) is 13.7. The van der Waals surface area contributed by atoms with Gasteiger partial charge in [0.25, 0.3) is 0 Å². The van der Waals surface area contributed by atoms with Crippen molar-refractivity contribution in [3.63, 3.8) is 0 Å². The lowest BCUT2D eigenvalue weighted by Crippen LogP contribution is -2.19. The summed E-state index contributed by atoms with van der Waals surface area (Å²) >= 11 is 0. The maximum absolute atomic E-state index is 13.1. The normalized spacial score (nSPS) is 13.2. The Labute approximate surface area is 146 Å². The summed E-state index contributed by atoms with van der Waals surface area (Å²) in [5.74, 6) is -1.08. The lowest BCUT2D eigenvalue weighted by Gasteiger charge is -2.17. The average Bonchev–Trinajstić information content (AvgIpc) is 3.03. The van der Waals surface area contributed by atoms with Crippen LogP contribution in [0.3, 0.4) is 0 Å². The first kappa shape index (κ1) is 16.3. The molecule has 132 valence electrons. The fourth-order valence-corrected chi connectivity index (χ4v) is 2.86. The number of H-pyrrole nitrogens is 1. The van der Waals surface area contributed by atoms with Gasteiger partial charge in [0.2, 0.25) is 0 Å². The number of anilines is 2. The largest absolute Gasteiger partial charge is 0.397 e. The molecule has 0 fully saturated rings. The van der Waals surface area contributed by atoms with Gasteiger partial charge in [-0.1, -0.05) is 6.07 Å². The van der Waals surface area contributed by atoms with Gasteiger partial charge >= 0.3 is 6.18 Å². The number of alkyl halides is 3. The highest BCUT2D eigenvalue weighted by Crippen LogP contribution is 2.37. The Bertz CT molecular complexity index is 1090. The predicted molar refractivity (Wildman–Crippen MR) is 93.4 cm³/mol. The van der Waals surface area contributed by atoms with Crippen molar-refractivity contribution in [1.82, 2.24) is 20.2 Å². The molecule has 0 aliphatic carbocycles. The second kappa shape index (κ2) is 5.98. The Hall–Kier alpha value is -3.16. The summed E-state index contributed by atoms with van der Waals surface area (Å²) in [4.78, 5) is 8.22. The van der Waals surface area contributed by atoms with Crippen molar-refractivity contribution in [2.45, 2.75) is 19.0 Å². The molecule has 4 rings (SSSR count). The van der Waals surface area contributed by atoms with Gasteiger partial charge in [-0.15, -0.1) is 0 Å². The van der Waals surface area contributed by atoms with Crippen LogP contribution in [0.4, 0.5) is 24.7 Å². The molecule has 0 saturated carbocycles. The molecule has 0 saturated heterocycles. The number of benzene rings is 1. The van der Waals surface area contributed by atoms with E-state index in [2.05, 4.69) is 25.5 Å². The van der Waals surface area contributed by atoms with E-state index >= 15 is 0 Å². The molecule has 1 atom stereocenters. The van der Waals surface area contributed by atoms with Gasteiger partial charge in [-0.25, -0.2) is 0 Å². The quantitative estimate of drug-likeness (QED) is 0.546. The summed E-state index contributed by atoms with van der Waals surface area (Å²) in [6.07, 6.45) is -1.27. The van der Waals surface area contributed by atoms with Crippen molar-refractivity contribution >= 4 is 33.3 Å². The summed E-state index contributed by atoms with van der Waals surface area (Å²) in [7, 11) is 0. The van der Waals surface area contributed by atoms with E-state index in [9.17, 15) is 13.2 Å². The van der Waals surface area contributed by atoms with E-state index < -0.39 is 12.1 Å². The molecule has 0 aliphatic rings. The number of nitrogens with zero attached hydrogens (tertiary/aromatic N) is 3. The van der Waals surface area contributed by atoms with Gasteiger partial charge in [-0.05, 0) is 42.6 Å². The average molecular weight is 357 g/mol. The number of fused-ring (bicyclic) bond motifs is 2. The third-order valence-corrected chi connectivity index (χ3v) is 4.28. The van der Waals surface area contributed by atoms with Crippen LogP contribution in [0.2, 0.25) is 0 Å². The second-order valence-corrected chi connectivity index (χ2v) is 5.99. The van der Waals surface area contributed by atoms with Crippen molar-refractivity contribution in [1.29, 1.82) is 0 Å². The number of aromatic amines is 1. The van der Waals surface area contributed by atoms with Crippen molar-refractivity contribution in [3.05, 3.63) is 54.5 Å². The number of nitrogens with one attached hydrogen (secondary N) is 2. The van der Waals surface area contributed by atoms with Crippen LogP contribution in [0.5, 0.6) is 0 Å². The van der Waals surface area contributed by atoms with Crippen molar-refractivity contribution < 1.29 is 13.2 Å². The highest BCUT2D eigenvalue weighted by Gasteiger charge is 2.38. The van der Waals surface area contributed by atoms with Gasteiger partial charge in [0, 0.05) is 23.5 Å². The maximum atomic E-state index is 13.1. The standard InChI is InChI=1S/C18H14F3N5/c1-10(18(19,20)21)15-13-5-4-12(9-11(13)6-8-23-15)24-17-16-14(25-26-17)3-2-7-22-16/h2-10H,1H3,(H2,24,25,26). The van der Waals surface area contributed by atoms with Crippen LogP contribution in [-0.2, 0) is 0 Å². The number of aromatic nitrogens is 4. The first-order valence-corrected chi connectivity index (χ1v) is 7.95. The Balaban J connectivity index is 1.72. The molecule has 1 aromatic carbocycles. The number of halogens is 3. The fourth-order valence-electron chi connectivity index (χ4n) is 2.86. The number of hydrogen-bond donors (Lipinski definition) is 2. The predicted octanol–water partition coefficient (Wildman–Crippen LogP) is 4.92. The SMILES string of the molecule is CC(c1nccc2cc(Nc3n[nH]c4cccnc34)ccc12)C(F)(F)F. The molecule has 4 aromatic rings. The molecular formula is C18H14F3N5. The topological polar surface area (TPSA) is 66.5 Å². The molecule has 0 amide bonds. The Morgan fingerprint density at radius 2 is 1.92 bits per heavy atom. The highest BCUT2D eigenvalue weighted by atomic mass is 19.4. The van der Waals surface area contributed by atoms with Crippen LogP contribution >= 0.6 is 0 Å². The number of pyridine rings is 2. The van der Waals surface area contributed by atoms with E-state index in [1.807, 2.05) is 6.07 Å². The lowest BCUT2D eigenvalue weighted by molar-refractivity contribution is -0.146. The van der Waals surface area contributed by atoms with Crippen LogP contribution in [0.1, 0.15) is 18.5 Å². The second-order valence-electron chi connectivity index (χ2n) is 5.99. The van der Waals surface area contributed by atoms with E-state index in [1.54, 1.807) is 36.5 Å². The molecule has 0 bridgehead atoms. The smallest absolute Gasteiger partial charge is 0.337 e. The van der Waals surface area contributed by atoms with E-state index in [4.69, 9.17) is 0 Å². The molecule has 3 aromatic heterocycles. The summed E-state index contributed by atoms with van der Waals surface area (Å²) in [5, 5.41) is 11.4. The number of hydrogen-bond acceptors (Lipinski definition) is 4. The zero-order chi connectivity index (χ0) is 18.3. The molecule has 26 heavy (non-hydrogen) atoms. The van der Waals surface area contributed by atoms with Crippen LogP contribution in [0, 0.1) is 0 Å². The highest BCUT2D eigenvalue weighted by molar-refractivity contribution is 5.91. The Morgan fingerprint density at radius 1 is 1.08 bits per heavy atom. The molecule has 3 heterocycles. The minimum absolute atomic E-state index is 0.0217. The summed E-state index contributed by atoms with van der Waals surface area (Å²) in [5.41, 5.74) is 2.21. The Kier molecular flexibility index (Phi) is 3.75. The third-order valence-electron chi connectivity index (χ3n) is 4.28. The zero-order valence-corrected chi connectivity index (χ0v) is 13.7. The molecular weight excluding hydrogens is 343 g/mol. The minimum Gasteiger partial charge on any atom is -0.337 e. The van der Waals surface area contributed by atoms with Crippen LogP contribution in [-0.4, -0.2) is 26.3 Å². The maximum Gasteiger partial charge on any atom is 0.397 e. The molecule has 5 nitrogen and oxygen atoms in total. The van der Waals surface area contributed by atoms with E-state index in [0.29, 0.717) is 27.8 Å². The molecule has 0 radical (unpaired) electrons. The summed E-state index contributed by atoms with van der Waals surface area (Å²) in [6.45, 7) is 1.12. The molecule has 2 N–H and O–H groups in total. The summed E-state index contributed by atoms with van der Waals surface area (Å²) < 4.78 is 39.2. The van der Waals surface area contributed by atoms with E-state index in [1.165, 1.54) is 6.20 Å². The minimum atomic E-state index is -4.34. The van der Waals surface area contributed by atoms with E-state index in [0.717, 1.165) is 12.4 Å². The van der Waals surface area contributed by atoms with Crippen LogP contribution in [0.15, 0.2) is 48.8 Å². The third kappa shape index (κ3) is 2.83. The summed E-state index contributed by atoms with van der Waals surface area (Å²) in [6, 6.07) is 10.5. The molecule has 8 heteroatoms. The molecule has 0 aliphatic heterocycles. The van der Waals surface area contributed by atoms with Crippen LogP contribution in [0.25, 0.3) is 21.8 Å². The number of rotatable bonds is 3. The lowest BCUT2D eigenvalue weighted by atomic mass is 10.00. The fraction of sp³-hybridized carbons (Fsp3) is 0.167. The molecule has 1 unspecified atom stereocenters. The van der Waals surface area contributed by atoms with Crippen molar-refractivity contribution in [2.24, 2.45) is 0 Å². The van der Waals surface area contributed by atoms with Gasteiger partial charge < -0.3 is 5.32 Å². The van der Waals surface area contributed by atoms with Gasteiger partial charge in [0.15, 0.2) is 5.82 Å². The first-order chi connectivity index (χ1) is 12.4. The van der Waals surface area contributed by atoms with Crippen molar-refractivity contribution in [3.8, 4) is 0 Å². The monoisotopic (exact) mass is 357 g/mol. The van der Waals surface area contributed by atoms with Crippen LogP contribution < -0.4 is 5.32 Å². The molecule has 0 spiro atoms. The van der Waals surface area contributed by atoms with E-state index in [-0.39, 0.29) is 5.69 Å². The van der Waals surface area contributed by atoms with Gasteiger partial charge in [0.05, 0.1) is 17.1 Å². The van der Waals surface area contributed by atoms with Gasteiger partial charge in [0.1, 0.15) is 5.52 Å². The van der Waals surface area contributed by atoms with Gasteiger partial charge in [-0.3, -0.25) is 15.1 Å². The Morgan fingerprint density at radius 3 is 2.73 bits per heavy atom. The van der Waals surface area contributed by atoms with Gasteiger partial charge in [-0.2, -0.15) is 18.3 Å².